The standard InChI is InChI=1S/C40H24N4S/c1-3-11-26(12-4-1)38-42-39(27-13-5-2-6-14-27)44-40(43-38)32-23-22-30(28-16-7-8-17-29(28)32)31-18-9-15-25-20-21-33-36-34(19-10-24-41-36)45-37(33)35(25)31/h1-24H. The molecule has 0 atom stereocenters. The Morgan fingerprint density at radius 1 is 0.422 bits per heavy atom. The van der Waals surface area contributed by atoms with E-state index in [9.17, 15) is 0 Å². The molecule has 3 aromatic heterocycles. The summed E-state index contributed by atoms with van der Waals surface area (Å²) in [7, 11) is 0. The lowest BCUT2D eigenvalue weighted by atomic mass is 9.91. The van der Waals surface area contributed by atoms with Gasteiger partial charge in [-0.05, 0) is 45.5 Å². The molecular formula is C40H24N4S. The minimum atomic E-state index is 0.654. The molecule has 45 heavy (non-hydrogen) atoms. The van der Waals surface area contributed by atoms with Gasteiger partial charge in [0.25, 0.3) is 0 Å². The maximum atomic E-state index is 5.04. The van der Waals surface area contributed by atoms with Crippen molar-refractivity contribution in [3.05, 3.63) is 146 Å². The number of aromatic nitrogens is 4. The molecule has 0 spiro atoms. The minimum absolute atomic E-state index is 0.654. The Labute approximate surface area is 263 Å². The van der Waals surface area contributed by atoms with Crippen LogP contribution in [0, 0.1) is 0 Å². The third-order valence-electron chi connectivity index (χ3n) is 8.39. The van der Waals surface area contributed by atoms with Gasteiger partial charge >= 0.3 is 0 Å². The largest absolute Gasteiger partial charge is 0.255 e. The summed E-state index contributed by atoms with van der Waals surface area (Å²) >= 11 is 1.81. The molecular weight excluding hydrogens is 569 g/mol. The third-order valence-corrected chi connectivity index (χ3v) is 9.57. The first-order chi connectivity index (χ1) is 22.3. The van der Waals surface area contributed by atoms with Crippen LogP contribution in [0.5, 0.6) is 0 Å². The predicted octanol–water partition coefficient (Wildman–Crippen LogP) is 10.6. The molecule has 4 nitrogen and oxygen atoms in total. The van der Waals surface area contributed by atoms with Crippen molar-refractivity contribution in [2.24, 2.45) is 0 Å². The number of hydrogen-bond acceptors (Lipinski definition) is 5. The van der Waals surface area contributed by atoms with E-state index in [0.717, 1.165) is 33.0 Å². The van der Waals surface area contributed by atoms with Crippen LogP contribution < -0.4 is 0 Å². The topological polar surface area (TPSA) is 51.6 Å². The van der Waals surface area contributed by atoms with Crippen LogP contribution in [-0.4, -0.2) is 19.9 Å². The van der Waals surface area contributed by atoms with Crippen molar-refractivity contribution in [2.45, 2.75) is 0 Å². The molecule has 210 valence electrons. The van der Waals surface area contributed by atoms with Crippen LogP contribution in [0.15, 0.2) is 146 Å². The number of hydrogen-bond donors (Lipinski definition) is 0. The summed E-state index contributed by atoms with van der Waals surface area (Å²) in [5, 5.41) is 5.93. The van der Waals surface area contributed by atoms with Crippen LogP contribution >= 0.6 is 11.3 Å². The molecule has 0 bridgehead atoms. The molecule has 0 N–H and O–H groups in total. The smallest absolute Gasteiger partial charge is 0.164 e. The van der Waals surface area contributed by atoms with E-state index in [-0.39, 0.29) is 0 Å². The summed E-state index contributed by atoms with van der Waals surface area (Å²) in [4.78, 5) is 19.7. The lowest BCUT2D eigenvalue weighted by Crippen LogP contribution is -2.00. The van der Waals surface area contributed by atoms with E-state index in [1.165, 1.54) is 36.7 Å². The average molecular weight is 593 g/mol. The Hall–Kier alpha value is -5.78. The van der Waals surface area contributed by atoms with Gasteiger partial charge in [0.1, 0.15) is 0 Å². The molecule has 0 saturated heterocycles. The molecule has 6 aromatic carbocycles. The maximum absolute atomic E-state index is 5.04. The maximum Gasteiger partial charge on any atom is 0.164 e. The summed E-state index contributed by atoms with van der Waals surface area (Å²) < 4.78 is 2.47. The molecule has 0 fully saturated rings. The van der Waals surface area contributed by atoms with Crippen molar-refractivity contribution in [2.75, 3.05) is 0 Å². The first-order valence-corrected chi connectivity index (χ1v) is 15.7. The highest BCUT2D eigenvalue weighted by Crippen LogP contribution is 2.44. The van der Waals surface area contributed by atoms with Crippen molar-refractivity contribution in [3.8, 4) is 45.3 Å². The van der Waals surface area contributed by atoms with Crippen LogP contribution in [0.3, 0.4) is 0 Å². The van der Waals surface area contributed by atoms with E-state index >= 15 is 0 Å². The summed E-state index contributed by atoms with van der Waals surface area (Å²) in [6.07, 6.45) is 1.88. The zero-order valence-corrected chi connectivity index (χ0v) is 24.9. The number of benzene rings is 6. The van der Waals surface area contributed by atoms with Crippen LogP contribution in [0.4, 0.5) is 0 Å². The summed E-state index contributed by atoms with van der Waals surface area (Å²) in [5.41, 5.74) is 6.33. The summed E-state index contributed by atoms with van der Waals surface area (Å²) in [6, 6.07) is 48.4. The molecule has 0 aliphatic carbocycles. The summed E-state index contributed by atoms with van der Waals surface area (Å²) in [5.74, 6) is 1.96. The van der Waals surface area contributed by atoms with Crippen LogP contribution in [0.1, 0.15) is 0 Å². The SMILES string of the molecule is c1ccc(-c2nc(-c3ccccc3)nc(-c3ccc(-c4cccc5ccc6c7ncccc7sc6c45)c4ccccc34)n2)cc1. The van der Waals surface area contributed by atoms with Crippen LogP contribution in [0.25, 0.3) is 87.1 Å². The van der Waals surface area contributed by atoms with Crippen molar-refractivity contribution in [1.82, 2.24) is 19.9 Å². The number of pyridine rings is 1. The van der Waals surface area contributed by atoms with Gasteiger partial charge < -0.3 is 0 Å². The molecule has 0 saturated carbocycles. The van der Waals surface area contributed by atoms with E-state index in [2.05, 4.69) is 72.8 Å². The number of nitrogens with zero attached hydrogens (tertiary/aromatic N) is 4. The van der Waals surface area contributed by atoms with Crippen molar-refractivity contribution in [1.29, 1.82) is 0 Å². The van der Waals surface area contributed by atoms with Gasteiger partial charge in [0.15, 0.2) is 17.5 Å². The molecule has 0 aliphatic heterocycles. The normalized spacial score (nSPS) is 11.6. The van der Waals surface area contributed by atoms with Gasteiger partial charge in [-0.2, -0.15) is 0 Å². The van der Waals surface area contributed by atoms with E-state index in [4.69, 9.17) is 19.9 Å². The number of fused-ring (bicyclic) bond motifs is 6. The quantitative estimate of drug-likeness (QED) is 0.204. The van der Waals surface area contributed by atoms with Gasteiger partial charge in [-0.25, -0.2) is 15.0 Å². The predicted molar refractivity (Wildman–Crippen MR) is 187 cm³/mol. The van der Waals surface area contributed by atoms with Crippen LogP contribution in [-0.2, 0) is 0 Å². The average Bonchev–Trinajstić information content (AvgIpc) is 3.50. The van der Waals surface area contributed by atoms with E-state index < -0.39 is 0 Å². The van der Waals surface area contributed by atoms with Gasteiger partial charge in [-0.3, -0.25) is 4.98 Å². The molecule has 9 aromatic rings. The van der Waals surface area contributed by atoms with Crippen molar-refractivity contribution < 1.29 is 0 Å². The first-order valence-electron chi connectivity index (χ1n) is 14.9. The van der Waals surface area contributed by atoms with E-state index in [1.54, 1.807) is 0 Å². The number of rotatable bonds is 4. The van der Waals surface area contributed by atoms with Crippen molar-refractivity contribution >= 4 is 53.2 Å². The fourth-order valence-corrected chi connectivity index (χ4v) is 7.54. The second kappa shape index (κ2) is 10.4. The van der Waals surface area contributed by atoms with Gasteiger partial charge in [-0.1, -0.05) is 121 Å². The Balaban J connectivity index is 1.29. The molecule has 3 heterocycles. The zero-order chi connectivity index (χ0) is 29.7. The third kappa shape index (κ3) is 4.28. The molecule has 9 rings (SSSR count). The minimum Gasteiger partial charge on any atom is -0.255 e. The highest BCUT2D eigenvalue weighted by Gasteiger charge is 2.18. The number of thiophene rings is 1. The lowest BCUT2D eigenvalue weighted by Gasteiger charge is -2.14. The van der Waals surface area contributed by atoms with Gasteiger partial charge in [0.05, 0.1) is 10.2 Å². The summed E-state index contributed by atoms with van der Waals surface area (Å²) in [6.45, 7) is 0. The Morgan fingerprint density at radius 2 is 1.07 bits per heavy atom. The molecule has 0 aliphatic rings. The van der Waals surface area contributed by atoms with Gasteiger partial charge in [0.2, 0.25) is 0 Å². The van der Waals surface area contributed by atoms with Gasteiger partial charge in [0, 0.05) is 38.4 Å². The molecule has 0 amide bonds. The fraction of sp³-hybridized carbons (Fsp3) is 0. The Morgan fingerprint density at radius 3 is 1.80 bits per heavy atom. The molecule has 0 unspecified atom stereocenters. The lowest BCUT2D eigenvalue weighted by molar-refractivity contribution is 1.08. The molecule has 0 radical (unpaired) electrons. The molecule has 5 heteroatoms. The Kier molecular flexibility index (Phi) is 5.96. The zero-order valence-electron chi connectivity index (χ0n) is 24.1. The highest BCUT2D eigenvalue weighted by molar-refractivity contribution is 7.26. The van der Waals surface area contributed by atoms with Gasteiger partial charge in [-0.15, -0.1) is 11.3 Å². The first kappa shape index (κ1) is 25.7. The monoisotopic (exact) mass is 592 g/mol. The van der Waals surface area contributed by atoms with E-state index in [1.807, 2.05) is 84.3 Å². The van der Waals surface area contributed by atoms with Crippen LogP contribution in [0.2, 0.25) is 0 Å². The van der Waals surface area contributed by atoms with Crippen molar-refractivity contribution in [3.63, 3.8) is 0 Å². The Bertz CT molecular complexity index is 2480. The van der Waals surface area contributed by atoms with E-state index in [0.29, 0.717) is 17.5 Å². The highest BCUT2D eigenvalue weighted by atomic mass is 32.1. The second-order valence-corrected chi connectivity index (χ2v) is 12.1. The second-order valence-electron chi connectivity index (χ2n) is 11.0. The fourth-order valence-electron chi connectivity index (χ4n) is 6.31.